The molecule has 0 spiro atoms. The fourth-order valence-corrected chi connectivity index (χ4v) is 2.62. The molecule has 0 radical (unpaired) electrons. The second-order valence-electron chi connectivity index (χ2n) is 5.21. The molecule has 0 aliphatic rings. The van der Waals surface area contributed by atoms with E-state index in [1.165, 1.54) is 4.90 Å². The van der Waals surface area contributed by atoms with Crippen LogP contribution in [0.5, 0.6) is 0 Å². The lowest BCUT2D eigenvalue weighted by atomic mass is 10.0. The first-order valence-electron chi connectivity index (χ1n) is 7.52. The van der Waals surface area contributed by atoms with Crippen LogP contribution in [0.15, 0.2) is 53.0 Å². The molecule has 0 saturated heterocycles. The van der Waals surface area contributed by atoms with E-state index in [4.69, 9.17) is 5.11 Å². The zero-order valence-electron chi connectivity index (χ0n) is 13.3. The van der Waals surface area contributed by atoms with Crippen LogP contribution in [0.4, 0.5) is 5.69 Å². The molecular formula is C18H19BrN2O3. The number of aliphatic hydroxyl groups is 1. The Morgan fingerprint density at radius 3 is 2.54 bits per heavy atom. The molecule has 2 rings (SSSR count). The number of rotatable bonds is 7. The second kappa shape index (κ2) is 8.73. The van der Waals surface area contributed by atoms with Crippen molar-refractivity contribution in [1.82, 2.24) is 5.32 Å². The van der Waals surface area contributed by atoms with Crippen LogP contribution in [0.25, 0.3) is 0 Å². The molecule has 2 aromatic rings. The molecular weight excluding hydrogens is 372 g/mol. The van der Waals surface area contributed by atoms with Gasteiger partial charge in [-0.3, -0.25) is 9.59 Å². The normalized spacial score (nSPS) is 10.5. The first-order valence-corrected chi connectivity index (χ1v) is 8.31. The van der Waals surface area contributed by atoms with Gasteiger partial charge < -0.3 is 15.3 Å². The predicted octanol–water partition coefficient (Wildman–Crippen LogP) is 2.22. The van der Waals surface area contributed by atoms with E-state index in [0.717, 1.165) is 4.47 Å². The number of likely N-dealkylation sites (N-methyl/N-ethyl adjacent to an activating group) is 1. The van der Waals surface area contributed by atoms with E-state index in [1.54, 1.807) is 49.5 Å². The number of carbonyl (C=O) groups excluding carboxylic acids is 2. The van der Waals surface area contributed by atoms with E-state index in [2.05, 4.69) is 21.2 Å². The predicted molar refractivity (Wildman–Crippen MR) is 97.4 cm³/mol. The fraction of sp³-hybridized carbons (Fsp3) is 0.222. The minimum atomic E-state index is -0.187. The van der Waals surface area contributed by atoms with E-state index in [9.17, 15) is 9.59 Å². The summed E-state index contributed by atoms with van der Waals surface area (Å²) in [5.74, 6) is -0.331. The lowest BCUT2D eigenvalue weighted by molar-refractivity contribution is -0.117. The molecule has 126 valence electrons. The Morgan fingerprint density at radius 2 is 1.88 bits per heavy atom. The van der Waals surface area contributed by atoms with Crippen molar-refractivity contribution in [3.05, 3.63) is 64.1 Å². The van der Waals surface area contributed by atoms with Crippen molar-refractivity contribution in [1.29, 1.82) is 0 Å². The smallest absolute Gasteiger partial charge is 0.240 e. The third-order valence-electron chi connectivity index (χ3n) is 3.54. The summed E-state index contributed by atoms with van der Waals surface area (Å²) in [5.41, 5.74) is 1.56. The number of aliphatic hydroxyl groups excluding tert-OH is 1. The number of nitrogens with one attached hydrogen (secondary N) is 1. The standard InChI is InChI=1S/C18H19BrN2O3/c1-21(17(23)12-20-9-10-22)16-8-7-14(19)11-15(16)18(24)13-5-3-2-4-6-13/h2-8,11,20,22H,9-10,12H2,1H3. The van der Waals surface area contributed by atoms with Gasteiger partial charge >= 0.3 is 0 Å². The number of ketones is 1. The number of hydrogen-bond acceptors (Lipinski definition) is 4. The highest BCUT2D eigenvalue weighted by atomic mass is 79.9. The Balaban J connectivity index is 2.30. The molecule has 0 heterocycles. The molecule has 5 nitrogen and oxygen atoms in total. The van der Waals surface area contributed by atoms with Crippen LogP contribution in [-0.4, -0.2) is 43.5 Å². The quantitative estimate of drug-likeness (QED) is 0.561. The molecule has 24 heavy (non-hydrogen) atoms. The van der Waals surface area contributed by atoms with E-state index >= 15 is 0 Å². The lowest BCUT2D eigenvalue weighted by Gasteiger charge is -2.21. The van der Waals surface area contributed by atoms with E-state index in [0.29, 0.717) is 23.4 Å². The largest absolute Gasteiger partial charge is 0.395 e. The molecule has 6 heteroatoms. The van der Waals surface area contributed by atoms with Gasteiger partial charge in [-0.25, -0.2) is 0 Å². The molecule has 0 aromatic heterocycles. The highest BCUT2D eigenvalue weighted by Gasteiger charge is 2.19. The molecule has 0 bridgehead atoms. The third-order valence-corrected chi connectivity index (χ3v) is 4.03. The molecule has 0 atom stereocenters. The third kappa shape index (κ3) is 4.50. The molecule has 2 aromatic carbocycles. The minimum absolute atomic E-state index is 0.0347. The van der Waals surface area contributed by atoms with Crippen molar-refractivity contribution >= 4 is 33.3 Å². The molecule has 2 N–H and O–H groups in total. The summed E-state index contributed by atoms with van der Waals surface area (Å²) in [6.07, 6.45) is 0. The topological polar surface area (TPSA) is 69.6 Å². The molecule has 0 saturated carbocycles. The summed E-state index contributed by atoms with van der Waals surface area (Å²) in [4.78, 5) is 26.5. The Hall–Kier alpha value is -2.02. The maximum absolute atomic E-state index is 12.8. The first kappa shape index (κ1) is 18.3. The zero-order valence-corrected chi connectivity index (χ0v) is 14.9. The second-order valence-corrected chi connectivity index (χ2v) is 6.13. The first-order chi connectivity index (χ1) is 11.5. The van der Waals surface area contributed by atoms with Crippen LogP contribution in [0, 0.1) is 0 Å². The van der Waals surface area contributed by atoms with Crippen LogP contribution in [0.2, 0.25) is 0 Å². The molecule has 0 aliphatic carbocycles. The van der Waals surface area contributed by atoms with Crippen LogP contribution < -0.4 is 10.2 Å². The zero-order chi connectivity index (χ0) is 17.5. The molecule has 0 fully saturated rings. The average molecular weight is 391 g/mol. The maximum atomic E-state index is 12.8. The van der Waals surface area contributed by atoms with Crippen LogP contribution in [-0.2, 0) is 4.79 Å². The van der Waals surface area contributed by atoms with Crippen molar-refractivity contribution in [2.45, 2.75) is 0 Å². The minimum Gasteiger partial charge on any atom is -0.395 e. The molecule has 0 aliphatic heterocycles. The van der Waals surface area contributed by atoms with E-state index in [-0.39, 0.29) is 24.8 Å². The average Bonchev–Trinajstić information content (AvgIpc) is 2.61. The fourth-order valence-electron chi connectivity index (χ4n) is 2.25. The van der Waals surface area contributed by atoms with Crippen LogP contribution in [0.3, 0.4) is 0 Å². The number of benzene rings is 2. The SMILES string of the molecule is CN(C(=O)CNCCO)c1ccc(Br)cc1C(=O)c1ccccc1. The number of carbonyl (C=O) groups is 2. The number of halogens is 1. The van der Waals surface area contributed by atoms with Gasteiger partial charge in [-0.2, -0.15) is 0 Å². The highest BCUT2D eigenvalue weighted by molar-refractivity contribution is 9.10. The van der Waals surface area contributed by atoms with Gasteiger partial charge in [0.05, 0.1) is 18.8 Å². The van der Waals surface area contributed by atoms with Crippen molar-refractivity contribution in [3.63, 3.8) is 0 Å². The number of amides is 1. The van der Waals surface area contributed by atoms with Gasteiger partial charge in [0.15, 0.2) is 5.78 Å². The number of nitrogens with zero attached hydrogens (tertiary/aromatic N) is 1. The van der Waals surface area contributed by atoms with Gasteiger partial charge in [0.25, 0.3) is 0 Å². The van der Waals surface area contributed by atoms with Crippen molar-refractivity contribution in [2.24, 2.45) is 0 Å². The van der Waals surface area contributed by atoms with Gasteiger partial charge in [0, 0.05) is 29.2 Å². The van der Waals surface area contributed by atoms with E-state index < -0.39 is 0 Å². The van der Waals surface area contributed by atoms with Crippen LogP contribution in [0.1, 0.15) is 15.9 Å². The summed E-state index contributed by atoms with van der Waals surface area (Å²) in [7, 11) is 1.63. The Bertz CT molecular complexity index is 719. The number of anilines is 1. The van der Waals surface area contributed by atoms with Gasteiger partial charge in [-0.15, -0.1) is 0 Å². The van der Waals surface area contributed by atoms with Crippen molar-refractivity contribution in [2.75, 3.05) is 31.6 Å². The van der Waals surface area contributed by atoms with E-state index in [1.807, 2.05) is 6.07 Å². The van der Waals surface area contributed by atoms with Gasteiger partial charge in [0.2, 0.25) is 5.91 Å². The molecule has 1 amide bonds. The van der Waals surface area contributed by atoms with Gasteiger partial charge in [-0.05, 0) is 18.2 Å². The van der Waals surface area contributed by atoms with Gasteiger partial charge in [-0.1, -0.05) is 46.3 Å². The van der Waals surface area contributed by atoms with Crippen molar-refractivity contribution < 1.29 is 14.7 Å². The van der Waals surface area contributed by atoms with Crippen molar-refractivity contribution in [3.8, 4) is 0 Å². The van der Waals surface area contributed by atoms with Crippen LogP contribution >= 0.6 is 15.9 Å². The Kier molecular flexibility index (Phi) is 6.66. The monoisotopic (exact) mass is 390 g/mol. The summed E-state index contributed by atoms with van der Waals surface area (Å²) in [5, 5.41) is 11.6. The summed E-state index contributed by atoms with van der Waals surface area (Å²) in [6, 6.07) is 14.2. The summed E-state index contributed by atoms with van der Waals surface area (Å²) in [6.45, 7) is 0.398. The highest BCUT2D eigenvalue weighted by Crippen LogP contribution is 2.26. The number of hydrogen-bond donors (Lipinski definition) is 2. The lowest BCUT2D eigenvalue weighted by Crippen LogP contribution is -2.37. The Labute approximate surface area is 149 Å². The Morgan fingerprint density at radius 1 is 1.17 bits per heavy atom. The summed E-state index contributed by atoms with van der Waals surface area (Å²) >= 11 is 3.38. The maximum Gasteiger partial charge on any atom is 0.240 e. The van der Waals surface area contributed by atoms with Gasteiger partial charge in [0.1, 0.15) is 0 Å². The molecule has 0 unspecified atom stereocenters. The summed E-state index contributed by atoms with van der Waals surface area (Å²) < 4.78 is 0.768.